The van der Waals surface area contributed by atoms with Gasteiger partial charge in [0.25, 0.3) is 5.91 Å². The SMILES string of the molecule is COc1c(Cl)cc(C(=O)OCC(=O)N2CCC[C@@H]3CCCC[C@@H]32)cc1Cl. The van der Waals surface area contributed by atoms with Crippen molar-refractivity contribution in [3.8, 4) is 5.75 Å². The first kappa shape index (κ1) is 19.3. The van der Waals surface area contributed by atoms with Crippen molar-refractivity contribution < 1.29 is 19.1 Å². The number of piperidine rings is 1. The number of amides is 1. The van der Waals surface area contributed by atoms with Gasteiger partial charge >= 0.3 is 5.97 Å². The summed E-state index contributed by atoms with van der Waals surface area (Å²) in [6.07, 6.45) is 6.86. The van der Waals surface area contributed by atoms with E-state index in [1.807, 2.05) is 4.90 Å². The topological polar surface area (TPSA) is 55.8 Å². The number of methoxy groups -OCH3 is 1. The Balaban J connectivity index is 1.61. The molecule has 7 heteroatoms. The summed E-state index contributed by atoms with van der Waals surface area (Å²) in [6.45, 7) is 0.487. The molecule has 2 atom stereocenters. The number of carbonyl (C=O) groups excluding carboxylic acids is 2. The van der Waals surface area contributed by atoms with Crippen molar-refractivity contribution >= 4 is 35.1 Å². The lowest BCUT2D eigenvalue weighted by Crippen LogP contribution is -2.50. The van der Waals surface area contributed by atoms with E-state index in [0.29, 0.717) is 17.7 Å². The summed E-state index contributed by atoms with van der Waals surface area (Å²) in [6, 6.07) is 3.16. The summed E-state index contributed by atoms with van der Waals surface area (Å²) < 4.78 is 10.3. The summed E-state index contributed by atoms with van der Waals surface area (Å²) >= 11 is 12.1. The number of hydrogen-bond donors (Lipinski definition) is 0. The minimum absolute atomic E-state index is 0.124. The van der Waals surface area contributed by atoms with E-state index in [0.717, 1.165) is 25.8 Å². The summed E-state index contributed by atoms with van der Waals surface area (Å²) in [5, 5.41) is 0.443. The largest absolute Gasteiger partial charge is 0.494 e. The number of halogens is 2. The van der Waals surface area contributed by atoms with Crippen molar-refractivity contribution in [1.82, 2.24) is 4.90 Å². The van der Waals surface area contributed by atoms with Gasteiger partial charge in [-0.2, -0.15) is 0 Å². The number of carbonyl (C=O) groups is 2. The second-order valence-electron chi connectivity index (χ2n) is 6.89. The molecule has 0 aromatic heterocycles. The molecular formula is C19H23Cl2NO4. The average Bonchev–Trinajstić information content (AvgIpc) is 2.65. The minimum atomic E-state index is -0.623. The van der Waals surface area contributed by atoms with Crippen LogP contribution in [0.5, 0.6) is 5.75 Å². The predicted molar refractivity (Wildman–Crippen MR) is 100.0 cm³/mol. The van der Waals surface area contributed by atoms with Crippen molar-refractivity contribution in [2.24, 2.45) is 5.92 Å². The van der Waals surface area contributed by atoms with E-state index >= 15 is 0 Å². The Morgan fingerprint density at radius 2 is 1.77 bits per heavy atom. The Hall–Kier alpha value is -1.46. The number of ether oxygens (including phenoxy) is 2. The third-order valence-corrected chi connectivity index (χ3v) is 5.89. The number of fused-ring (bicyclic) bond motifs is 1. The lowest BCUT2D eigenvalue weighted by molar-refractivity contribution is -0.140. The molecule has 26 heavy (non-hydrogen) atoms. The van der Waals surface area contributed by atoms with Crippen LogP contribution in [0, 0.1) is 5.92 Å². The van der Waals surface area contributed by atoms with Crippen LogP contribution in [-0.2, 0) is 9.53 Å². The van der Waals surface area contributed by atoms with Crippen LogP contribution >= 0.6 is 23.2 Å². The first-order valence-electron chi connectivity index (χ1n) is 9.01. The fraction of sp³-hybridized carbons (Fsp3) is 0.579. The number of hydrogen-bond acceptors (Lipinski definition) is 4. The van der Waals surface area contributed by atoms with Crippen LogP contribution in [-0.4, -0.2) is 43.1 Å². The van der Waals surface area contributed by atoms with Crippen LogP contribution in [0.3, 0.4) is 0 Å². The number of nitrogens with zero attached hydrogens (tertiary/aromatic N) is 1. The monoisotopic (exact) mass is 399 g/mol. The van der Waals surface area contributed by atoms with Gasteiger partial charge in [-0.15, -0.1) is 0 Å². The van der Waals surface area contributed by atoms with E-state index < -0.39 is 5.97 Å². The smallest absolute Gasteiger partial charge is 0.338 e. The van der Waals surface area contributed by atoms with Gasteiger partial charge < -0.3 is 14.4 Å². The van der Waals surface area contributed by atoms with Crippen LogP contribution < -0.4 is 4.74 Å². The van der Waals surface area contributed by atoms with Crippen LogP contribution in [0.1, 0.15) is 48.9 Å². The van der Waals surface area contributed by atoms with Crippen LogP contribution in [0.25, 0.3) is 0 Å². The number of esters is 1. The van der Waals surface area contributed by atoms with Crippen molar-refractivity contribution in [3.63, 3.8) is 0 Å². The van der Waals surface area contributed by atoms with Crippen LogP contribution in [0.4, 0.5) is 0 Å². The number of benzene rings is 1. The molecule has 1 aliphatic heterocycles. The van der Waals surface area contributed by atoms with Crippen molar-refractivity contribution in [1.29, 1.82) is 0 Å². The average molecular weight is 400 g/mol. The molecule has 1 heterocycles. The van der Waals surface area contributed by atoms with Crippen molar-refractivity contribution in [2.45, 2.75) is 44.6 Å². The van der Waals surface area contributed by atoms with E-state index in [-0.39, 0.29) is 28.1 Å². The standard InChI is InChI=1S/C19H23Cl2NO4/c1-25-18-14(20)9-13(10-15(18)21)19(24)26-11-17(23)22-8-4-6-12-5-2-3-7-16(12)22/h9-10,12,16H,2-8,11H2,1H3/t12-,16-/m0/s1. The van der Waals surface area contributed by atoms with Gasteiger partial charge in [-0.3, -0.25) is 4.79 Å². The maximum absolute atomic E-state index is 12.6. The van der Waals surface area contributed by atoms with E-state index in [2.05, 4.69) is 0 Å². The van der Waals surface area contributed by atoms with Crippen molar-refractivity contribution in [3.05, 3.63) is 27.7 Å². The molecule has 1 saturated heterocycles. The highest BCUT2D eigenvalue weighted by atomic mass is 35.5. The third-order valence-electron chi connectivity index (χ3n) is 5.33. The maximum Gasteiger partial charge on any atom is 0.338 e. The zero-order valence-corrected chi connectivity index (χ0v) is 16.3. The quantitative estimate of drug-likeness (QED) is 0.706. The fourth-order valence-electron chi connectivity index (χ4n) is 4.10. The summed E-state index contributed by atoms with van der Waals surface area (Å²) in [4.78, 5) is 26.8. The molecule has 1 aromatic rings. The van der Waals surface area contributed by atoms with Crippen molar-refractivity contribution in [2.75, 3.05) is 20.3 Å². The third kappa shape index (κ3) is 4.09. The highest BCUT2D eigenvalue weighted by Crippen LogP contribution is 2.36. The zero-order chi connectivity index (χ0) is 18.7. The molecule has 0 radical (unpaired) electrons. The molecule has 2 fully saturated rings. The Morgan fingerprint density at radius 3 is 2.46 bits per heavy atom. The Labute approximate surface area is 163 Å². The maximum atomic E-state index is 12.6. The first-order chi connectivity index (χ1) is 12.5. The molecule has 142 valence electrons. The van der Waals surface area contributed by atoms with E-state index in [4.69, 9.17) is 32.7 Å². The lowest BCUT2D eigenvalue weighted by atomic mass is 9.78. The fourth-order valence-corrected chi connectivity index (χ4v) is 4.74. The highest BCUT2D eigenvalue weighted by molar-refractivity contribution is 6.37. The normalized spacial score (nSPS) is 22.5. The van der Waals surface area contributed by atoms with E-state index in [1.54, 1.807) is 0 Å². The molecule has 3 rings (SSSR count). The second-order valence-corrected chi connectivity index (χ2v) is 7.70. The van der Waals surface area contributed by atoms with Gasteiger partial charge in [-0.1, -0.05) is 36.0 Å². The highest BCUT2D eigenvalue weighted by Gasteiger charge is 2.35. The number of likely N-dealkylation sites (tertiary alicyclic amines) is 1. The molecule has 0 spiro atoms. The molecular weight excluding hydrogens is 377 g/mol. The summed E-state index contributed by atoms with van der Waals surface area (Å²) in [7, 11) is 1.45. The molecule has 0 N–H and O–H groups in total. The summed E-state index contributed by atoms with van der Waals surface area (Å²) in [5.74, 6) is 0.150. The zero-order valence-electron chi connectivity index (χ0n) is 14.8. The molecule has 1 aliphatic carbocycles. The van der Waals surface area contributed by atoms with Gasteiger partial charge in [0.2, 0.25) is 0 Å². The molecule has 0 unspecified atom stereocenters. The van der Waals surface area contributed by atoms with E-state index in [9.17, 15) is 9.59 Å². The van der Waals surface area contributed by atoms with Gasteiger partial charge in [0, 0.05) is 12.6 Å². The molecule has 0 bridgehead atoms. The molecule has 1 saturated carbocycles. The number of rotatable bonds is 4. The van der Waals surface area contributed by atoms with Gasteiger partial charge in [0.1, 0.15) is 0 Å². The Morgan fingerprint density at radius 1 is 1.12 bits per heavy atom. The van der Waals surface area contributed by atoms with E-state index in [1.165, 1.54) is 38.5 Å². The lowest BCUT2D eigenvalue weighted by Gasteiger charge is -2.44. The minimum Gasteiger partial charge on any atom is -0.494 e. The second kappa shape index (κ2) is 8.49. The predicted octanol–water partition coefficient (Wildman–Crippen LogP) is 4.34. The van der Waals surface area contributed by atoms with Gasteiger partial charge in [0.05, 0.1) is 22.7 Å². The van der Waals surface area contributed by atoms with Gasteiger partial charge in [0.15, 0.2) is 12.4 Å². The molecule has 1 amide bonds. The summed E-state index contributed by atoms with van der Waals surface area (Å²) in [5.41, 5.74) is 0.197. The Bertz CT molecular complexity index is 669. The van der Waals surface area contributed by atoms with Gasteiger partial charge in [-0.25, -0.2) is 4.79 Å². The molecule has 2 aliphatic rings. The van der Waals surface area contributed by atoms with Crippen LogP contribution in [0.15, 0.2) is 12.1 Å². The van der Waals surface area contributed by atoms with Gasteiger partial charge in [-0.05, 0) is 43.7 Å². The Kier molecular flexibility index (Phi) is 6.30. The van der Waals surface area contributed by atoms with Crippen LogP contribution in [0.2, 0.25) is 10.0 Å². The first-order valence-corrected chi connectivity index (χ1v) is 9.76. The molecule has 1 aromatic carbocycles. The molecule has 5 nitrogen and oxygen atoms in total.